The molecule has 1 atom stereocenters. The average molecular weight is 261 g/mol. The van der Waals surface area contributed by atoms with E-state index in [-0.39, 0.29) is 11.8 Å². The van der Waals surface area contributed by atoms with E-state index in [2.05, 4.69) is 25.5 Å². The lowest BCUT2D eigenvalue weighted by Gasteiger charge is -2.12. The largest absolute Gasteiger partial charge is 0.473 e. The van der Waals surface area contributed by atoms with Gasteiger partial charge in [-0.15, -0.1) is 0 Å². The molecule has 2 aromatic heterocycles. The maximum atomic E-state index is 11.1. The van der Waals surface area contributed by atoms with Crippen LogP contribution in [0.15, 0.2) is 16.9 Å². The van der Waals surface area contributed by atoms with Crippen molar-refractivity contribution in [2.75, 3.05) is 13.1 Å². The second-order valence-electron chi connectivity index (χ2n) is 4.63. The molecule has 100 valence electrons. The number of hydrogen-bond donors (Lipinski definition) is 3. The summed E-state index contributed by atoms with van der Waals surface area (Å²) in [6, 6.07) is 3.73. The Morgan fingerprint density at radius 2 is 2.32 bits per heavy atom. The van der Waals surface area contributed by atoms with E-state index in [4.69, 9.17) is 4.74 Å². The molecule has 1 aliphatic rings. The monoisotopic (exact) mass is 261 g/mol. The van der Waals surface area contributed by atoms with Gasteiger partial charge in [-0.3, -0.25) is 4.98 Å². The van der Waals surface area contributed by atoms with Gasteiger partial charge in [-0.25, -0.2) is 14.9 Å². The summed E-state index contributed by atoms with van der Waals surface area (Å²) in [5, 5.41) is 9.44. The fraction of sp³-hybridized carbons (Fsp3) is 0.417. The molecule has 0 bridgehead atoms. The Labute approximate surface area is 109 Å². The van der Waals surface area contributed by atoms with E-state index in [9.17, 15) is 4.79 Å². The third-order valence-electron chi connectivity index (χ3n) is 2.99. The van der Waals surface area contributed by atoms with E-state index >= 15 is 0 Å². The summed E-state index contributed by atoms with van der Waals surface area (Å²) in [4.78, 5) is 18.0. The fourth-order valence-corrected chi connectivity index (χ4v) is 2.11. The third kappa shape index (κ3) is 2.65. The van der Waals surface area contributed by atoms with Crippen molar-refractivity contribution < 1.29 is 4.74 Å². The topological polar surface area (TPSA) is 95.7 Å². The molecule has 1 aliphatic heterocycles. The van der Waals surface area contributed by atoms with Crippen LogP contribution in [-0.2, 0) is 0 Å². The highest BCUT2D eigenvalue weighted by molar-refractivity contribution is 5.50. The lowest BCUT2D eigenvalue weighted by atomic mass is 10.2. The molecule has 0 aliphatic carbocycles. The molecule has 0 aromatic carbocycles. The Morgan fingerprint density at radius 1 is 1.42 bits per heavy atom. The highest BCUT2D eigenvalue weighted by Gasteiger charge is 2.17. The normalized spacial score (nSPS) is 18.7. The molecule has 0 unspecified atom stereocenters. The van der Waals surface area contributed by atoms with Crippen LogP contribution in [0, 0.1) is 6.92 Å². The first-order valence-corrected chi connectivity index (χ1v) is 6.22. The fourth-order valence-electron chi connectivity index (χ4n) is 2.11. The van der Waals surface area contributed by atoms with Crippen LogP contribution in [0.1, 0.15) is 12.0 Å². The number of nitrogens with one attached hydrogen (secondary N) is 3. The van der Waals surface area contributed by atoms with E-state index in [1.54, 1.807) is 0 Å². The van der Waals surface area contributed by atoms with Gasteiger partial charge in [-0.1, -0.05) is 0 Å². The predicted molar refractivity (Wildman–Crippen MR) is 69.1 cm³/mol. The summed E-state index contributed by atoms with van der Waals surface area (Å²) in [5.74, 6) is 0.982. The molecule has 2 aromatic rings. The first kappa shape index (κ1) is 11.9. The molecule has 3 heterocycles. The molecule has 0 spiro atoms. The van der Waals surface area contributed by atoms with Gasteiger partial charge in [0.15, 0.2) is 5.82 Å². The maximum Gasteiger partial charge on any atom is 0.340 e. The van der Waals surface area contributed by atoms with Gasteiger partial charge in [-0.2, -0.15) is 5.10 Å². The number of hydrogen-bond acceptors (Lipinski definition) is 5. The van der Waals surface area contributed by atoms with Crippen LogP contribution >= 0.6 is 0 Å². The third-order valence-corrected chi connectivity index (χ3v) is 2.99. The number of ether oxygens (including phenoxy) is 1. The number of aromatic nitrogens is 4. The number of rotatable bonds is 3. The van der Waals surface area contributed by atoms with Crippen molar-refractivity contribution in [3.63, 3.8) is 0 Å². The molecule has 3 N–H and O–H groups in total. The standard InChI is InChI=1S/C12H15N5O2/c1-7-4-9(11-15-12(18)17-16-11)14-10(5-7)19-8-2-3-13-6-8/h4-5,8,13H,2-3,6H2,1H3,(H2,15,16,17,18)/t8-/m0/s1. The Hall–Kier alpha value is -2.15. The molecular formula is C12H15N5O2. The zero-order valence-corrected chi connectivity index (χ0v) is 10.6. The van der Waals surface area contributed by atoms with E-state index in [1.165, 1.54) is 0 Å². The molecule has 19 heavy (non-hydrogen) atoms. The number of pyridine rings is 1. The highest BCUT2D eigenvalue weighted by atomic mass is 16.5. The lowest BCUT2D eigenvalue weighted by molar-refractivity contribution is 0.214. The number of H-pyrrole nitrogens is 2. The molecule has 0 saturated carbocycles. The summed E-state index contributed by atoms with van der Waals surface area (Å²) >= 11 is 0. The molecule has 1 saturated heterocycles. The Bertz CT molecular complexity index is 627. The van der Waals surface area contributed by atoms with E-state index in [0.29, 0.717) is 17.4 Å². The van der Waals surface area contributed by atoms with Crippen LogP contribution < -0.4 is 15.7 Å². The smallest absolute Gasteiger partial charge is 0.340 e. The number of aromatic amines is 2. The first-order chi connectivity index (χ1) is 9.20. The maximum absolute atomic E-state index is 11.1. The summed E-state index contributed by atoms with van der Waals surface area (Å²) in [6.45, 7) is 3.76. The minimum atomic E-state index is -0.347. The summed E-state index contributed by atoms with van der Waals surface area (Å²) in [6.07, 6.45) is 1.13. The van der Waals surface area contributed by atoms with Gasteiger partial charge in [0, 0.05) is 12.6 Å². The van der Waals surface area contributed by atoms with Crippen LogP contribution in [-0.4, -0.2) is 39.4 Å². The Balaban J connectivity index is 1.89. The quantitative estimate of drug-likeness (QED) is 0.734. The molecule has 0 radical (unpaired) electrons. The lowest BCUT2D eigenvalue weighted by Crippen LogP contribution is -2.20. The average Bonchev–Trinajstić information content (AvgIpc) is 3.00. The second kappa shape index (κ2) is 4.85. The molecular weight excluding hydrogens is 246 g/mol. The summed E-state index contributed by atoms with van der Waals surface area (Å²) in [5.41, 5.74) is 1.26. The van der Waals surface area contributed by atoms with Crippen molar-refractivity contribution in [2.45, 2.75) is 19.4 Å². The van der Waals surface area contributed by atoms with Crippen molar-refractivity contribution in [1.82, 2.24) is 25.5 Å². The van der Waals surface area contributed by atoms with Gasteiger partial charge in [0.1, 0.15) is 11.8 Å². The minimum absolute atomic E-state index is 0.153. The van der Waals surface area contributed by atoms with Crippen LogP contribution in [0.3, 0.4) is 0 Å². The van der Waals surface area contributed by atoms with Crippen molar-refractivity contribution in [1.29, 1.82) is 0 Å². The van der Waals surface area contributed by atoms with Crippen molar-refractivity contribution >= 4 is 0 Å². The summed E-state index contributed by atoms with van der Waals surface area (Å²) < 4.78 is 5.82. The SMILES string of the molecule is Cc1cc(O[C@H]2CCNC2)nc(-c2n[nH]c(=O)[nH]2)c1. The molecule has 3 rings (SSSR count). The second-order valence-corrected chi connectivity index (χ2v) is 4.63. The molecule has 7 nitrogen and oxygen atoms in total. The zero-order chi connectivity index (χ0) is 13.2. The number of nitrogens with zero attached hydrogens (tertiary/aromatic N) is 2. The summed E-state index contributed by atoms with van der Waals surface area (Å²) in [7, 11) is 0. The van der Waals surface area contributed by atoms with Crippen LogP contribution in [0.2, 0.25) is 0 Å². The number of aryl methyl sites for hydroxylation is 1. The predicted octanol–water partition coefficient (Wildman–Crippen LogP) is 0.209. The molecule has 1 fully saturated rings. The van der Waals surface area contributed by atoms with Gasteiger partial charge in [0.25, 0.3) is 0 Å². The molecule has 0 amide bonds. The highest BCUT2D eigenvalue weighted by Crippen LogP contribution is 2.20. The van der Waals surface area contributed by atoms with Gasteiger partial charge in [0.05, 0.1) is 0 Å². The Morgan fingerprint density at radius 3 is 3.00 bits per heavy atom. The van der Waals surface area contributed by atoms with Gasteiger partial charge in [0.2, 0.25) is 5.88 Å². The van der Waals surface area contributed by atoms with Gasteiger partial charge in [-0.05, 0) is 31.5 Å². The zero-order valence-electron chi connectivity index (χ0n) is 10.6. The van der Waals surface area contributed by atoms with E-state index < -0.39 is 0 Å². The van der Waals surface area contributed by atoms with Crippen molar-refractivity contribution in [3.05, 3.63) is 28.2 Å². The van der Waals surface area contributed by atoms with Crippen LogP contribution in [0.25, 0.3) is 11.5 Å². The van der Waals surface area contributed by atoms with E-state index in [0.717, 1.165) is 25.1 Å². The van der Waals surface area contributed by atoms with Gasteiger partial charge >= 0.3 is 5.69 Å². The van der Waals surface area contributed by atoms with E-state index in [1.807, 2.05) is 19.1 Å². The minimum Gasteiger partial charge on any atom is -0.473 e. The Kier molecular flexibility index (Phi) is 3.04. The van der Waals surface area contributed by atoms with Crippen molar-refractivity contribution in [2.24, 2.45) is 0 Å². The first-order valence-electron chi connectivity index (χ1n) is 6.22. The van der Waals surface area contributed by atoms with Crippen LogP contribution in [0.5, 0.6) is 5.88 Å². The van der Waals surface area contributed by atoms with Crippen molar-refractivity contribution in [3.8, 4) is 17.4 Å². The molecule has 7 heteroatoms. The van der Waals surface area contributed by atoms with Crippen LogP contribution in [0.4, 0.5) is 0 Å². The van der Waals surface area contributed by atoms with Gasteiger partial charge < -0.3 is 10.1 Å².